The van der Waals surface area contributed by atoms with Gasteiger partial charge in [-0.15, -0.1) is 6.58 Å². The number of allylic oxidation sites excluding steroid dienone is 1. The lowest BCUT2D eigenvalue weighted by atomic mass is 9.87. The Kier molecular flexibility index (Phi) is 6.03. The van der Waals surface area contributed by atoms with Crippen molar-refractivity contribution >= 4 is 12.1 Å². The molecule has 3 atom stereocenters. The van der Waals surface area contributed by atoms with Gasteiger partial charge in [0, 0.05) is 5.92 Å². The second-order valence-corrected chi connectivity index (χ2v) is 7.21. The van der Waals surface area contributed by atoms with Crippen LogP contribution in [-0.2, 0) is 9.53 Å². The summed E-state index contributed by atoms with van der Waals surface area (Å²) in [6.45, 7) is 11.0. The monoisotopic (exact) mass is 311 g/mol. The van der Waals surface area contributed by atoms with Crippen molar-refractivity contribution in [3.63, 3.8) is 0 Å². The minimum Gasteiger partial charge on any atom is -0.480 e. The van der Waals surface area contributed by atoms with Crippen molar-refractivity contribution in [3.8, 4) is 0 Å². The molecule has 0 aromatic carbocycles. The molecule has 1 rings (SSSR count). The van der Waals surface area contributed by atoms with Crippen LogP contribution in [0.1, 0.15) is 59.8 Å². The molecule has 0 unspecified atom stereocenters. The van der Waals surface area contributed by atoms with Gasteiger partial charge in [-0.1, -0.05) is 33.8 Å². The Balaban J connectivity index is 2.56. The summed E-state index contributed by atoms with van der Waals surface area (Å²) >= 11 is 0. The fraction of sp³-hybridized carbons (Fsp3) is 0.765. The third kappa shape index (κ3) is 4.75. The van der Waals surface area contributed by atoms with Crippen molar-refractivity contribution in [2.75, 3.05) is 0 Å². The van der Waals surface area contributed by atoms with Crippen LogP contribution in [0.4, 0.5) is 4.79 Å². The van der Waals surface area contributed by atoms with E-state index in [0.29, 0.717) is 5.92 Å². The first kappa shape index (κ1) is 18.5. The molecule has 1 fully saturated rings. The van der Waals surface area contributed by atoms with E-state index in [4.69, 9.17) is 4.74 Å². The van der Waals surface area contributed by atoms with Crippen LogP contribution in [0.15, 0.2) is 12.7 Å². The molecule has 2 N–H and O–H groups in total. The molecule has 0 aliphatic heterocycles. The van der Waals surface area contributed by atoms with Gasteiger partial charge in [0.25, 0.3) is 0 Å². The van der Waals surface area contributed by atoms with E-state index in [9.17, 15) is 14.7 Å². The highest BCUT2D eigenvalue weighted by atomic mass is 16.6. The van der Waals surface area contributed by atoms with E-state index in [2.05, 4.69) is 11.9 Å². The number of alkyl carbamates (subject to hydrolysis) is 1. The van der Waals surface area contributed by atoms with Crippen molar-refractivity contribution in [3.05, 3.63) is 12.7 Å². The van der Waals surface area contributed by atoms with Crippen LogP contribution in [0.5, 0.6) is 0 Å². The van der Waals surface area contributed by atoms with Crippen LogP contribution in [0.3, 0.4) is 0 Å². The number of rotatable bonds is 8. The lowest BCUT2D eigenvalue weighted by molar-refractivity contribution is -0.142. The summed E-state index contributed by atoms with van der Waals surface area (Å²) in [5.74, 6) is -0.672. The second-order valence-electron chi connectivity index (χ2n) is 7.21. The van der Waals surface area contributed by atoms with Crippen molar-refractivity contribution < 1.29 is 19.4 Å². The number of aliphatic carboxylic acids is 1. The van der Waals surface area contributed by atoms with E-state index in [1.165, 1.54) is 0 Å². The van der Waals surface area contributed by atoms with Gasteiger partial charge in [0.2, 0.25) is 0 Å². The fourth-order valence-electron chi connectivity index (χ4n) is 2.84. The third-order valence-corrected chi connectivity index (χ3v) is 4.41. The maximum absolute atomic E-state index is 12.1. The van der Waals surface area contributed by atoms with Crippen LogP contribution >= 0.6 is 0 Å². The lowest BCUT2D eigenvalue weighted by Gasteiger charge is -2.28. The normalized spacial score (nSPS) is 25.2. The average molecular weight is 311 g/mol. The van der Waals surface area contributed by atoms with Gasteiger partial charge in [-0.3, -0.25) is 0 Å². The molecular weight excluding hydrogens is 282 g/mol. The summed E-state index contributed by atoms with van der Waals surface area (Å²) in [6.07, 6.45) is 5.90. The Bertz CT molecular complexity index is 427. The molecule has 0 heterocycles. The Labute approximate surface area is 133 Å². The molecule has 0 aromatic heterocycles. The van der Waals surface area contributed by atoms with E-state index >= 15 is 0 Å². The molecule has 0 saturated heterocycles. The number of ether oxygens (including phenoxy) is 1. The lowest BCUT2D eigenvalue weighted by Crippen LogP contribution is -2.50. The predicted molar refractivity (Wildman–Crippen MR) is 85.7 cm³/mol. The molecule has 5 nitrogen and oxygen atoms in total. The number of nitrogens with one attached hydrogen (secondary N) is 1. The number of carbonyl (C=O) groups excluding carboxylic acids is 1. The van der Waals surface area contributed by atoms with Gasteiger partial charge in [0.15, 0.2) is 0 Å². The van der Waals surface area contributed by atoms with E-state index in [1.807, 2.05) is 13.0 Å². The number of amides is 1. The molecule has 126 valence electrons. The van der Waals surface area contributed by atoms with Gasteiger partial charge >= 0.3 is 12.1 Å². The van der Waals surface area contributed by atoms with Gasteiger partial charge in [0.05, 0.1) is 0 Å². The van der Waals surface area contributed by atoms with Gasteiger partial charge < -0.3 is 15.2 Å². The quantitative estimate of drug-likeness (QED) is 0.529. The van der Waals surface area contributed by atoms with Crippen molar-refractivity contribution in [2.24, 2.45) is 11.3 Å². The van der Waals surface area contributed by atoms with Gasteiger partial charge in [0.1, 0.15) is 11.6 Å². The van der Waals surface area contributed by atoms with E-state index in [1.54, 1.807) is 20.8 Å². The molecule has 1 aliphatic carbocycles. The summed E-state index contributed by atoms with van der Waals surface area (Å²) in [5.41, 5.74) is -0.983. The Hall–Kier alpha value is -1.52. The highest BCUT2D eigenvalue weighted by molar-refractivity contribution is 5.80. The first-order chi connectivity index (χ1) is 10.2. The predicted octanol–water partition coefficient (Wildman–Crippen LogP) is 3.74. The molecule has 0 radical (unpaired) electrons. The Morgan fingerprint density at radius 1 is 1.50 bits per heavy atom. The summed E-state index contributed by atoms with van der Waals surface area (Å²) < 4.78 is 5.58. The molecule has 1 amide bonds. The minimum atomic E-state index is -1.05. The van der Waals surface area contributed by atoms with Crippen molar-refractivity contribution in [1.82, 2.24) is 5.32 Å². The van der Waals surface area contributed by atoms with Crippen LogP contribution in [0.2, 0.25) is 0 Å². The first-order valence-electron chi connectivity index (χ1n) is 7.99. The fourth-order valence-corrected chi connectivity index (χ4v) is 2.84. The van der Waals surface area contributed by atoms with Crippen molar-refractivity contribution in [1.29, 1.82) is 0 Å². The smallest absolute Gasteiger partial charge is 0.408 e. The van der Waals surface area contributed by atoms with E-state index in [-0.39, 0.29) is 0 Å². The zero-order valence-corrected chi connectivity index (χ0v) is 14.1. The van der Waals surface area contributed by atoms with Crippen LogP contribution < -0.4 is 5.32 Å². The van der Waals surface area contributed by atoms with Crippen LogP contribution in [0, 0.1) is 11.3 Å². The highest BCUT2D eigenvalue weighted by Gasteiger charge is 2.56. The standard InChI is InChI=1S/C17H29NO4/c1-6-8-9-10-12-11-17(12,7-2)22-15(21)18-13(14(19)20)16(3,4)5/h6,12-13H,1,7-11H2,2-5H3,(H,18,21)(H,19,20)/t12-,13+,17-/m0/s1. The van der Waals surface area contributed by atoms with Crippen LogP contribution in [-0.4, -0.2) is 28.8 Å². The van der Waals surface area contributed by atoms with Crippen LogP contribution in [0.25, 0.3) is 0 Å². The number of carboxylic acid groups (broad SMARTS) is 1. The maximum atomic E-state index is 12.1. The number of unbranched alkanes of at least 4 members (excludes halogenated alkanes) is 1. The number of carboxylic acids is 1. The first-order valence-corrected chi connectivity index (χ1v) is 7.99. The van der Waals surface area contributed by atoms with Gasteiger partial charge in [-0.25, -0.2) is 9.59 Å². The van der Waals surface area contributed by atoms with Gasteiger partial charge in [-0.05, 0) is 37.5 Å². The summed E-state index contributed by atoms with van der Waals surface area (Å²) in [6, 6.07) is -0.966. The number of carbonyl (C=O) groups is 2. The molecule has 5 heteroatoms. The summed E-state index contributed by atoms with van der Waals surface area (Å²) in [4.78, 5) is 23.4. The third-order valence-electron chi connectivity index (χ3n) is 4.41. The summed E-state index contributed by atoms with van der Waals surface area (Å²) in [7, 11) is 0. The SMILES string of the molecule is C=CCCC[C@H]1C[C@]1(CC)OC(=O)N[C@H](C(=O)O)C(C)(C)C. The number of hydrogen-bond acceptors (Lipinski definition) is 3. The van der Waals surface area contributed by atoms with E-state index < -0.39 is 29.1 Å². The molecule has 22 heavy (non-hydrogen) atoms. The zero-order valence-electron chi connectivity index (χ0n) is 14.1. The average Bonchev–Trinajstić information content (AvgIpc) is 3.08. The topological polar surface area (TPSA) is 75.6 Å². The molecular formula is C17H29NO4. The number of hydrogen-bond donors (Lipinski definition) is 2. The zero-order chi connectivity index (χ0) is 17.0. The molecule has 1 aliphatic rings. The second kappa shape index (κ2) is 7.16. The highest BCUT2D eigenvalue weighted by Crippen LogP contribution is 2.52. The molecule has 0 spiro atoms. The van der Waals surface area contributed by atoms with Crippen molar-refractivity contribution in [2.45, 2.75) is 71.4 Å². The Morgan fingerprint density at radius 3 is 2.59 bits per heavy atom. The molecule has 0 bridgehead atoms. The summed E-state index contributed by atoms with van der Waals surface area (Å²) in [5, 5.41) is 11.7. The largest absolute Gasteiger partial charge is 0.480 e. The Morgan fingerprint density at radius 2 is 2.14 bits per heavy atom. The van der Waals surface area contributed by atoms with E-state index in [0.717, 1.165) is 32.1 Å². The minimum absolute atomic E-state index is 0.376. The molecule has 0 aromatic rings. The maximum Gasteiger partial charge on any atom is 0.408 e. The molecule has 1 saturated carbocycles. The van der Waals surface area contributed by atoms with Gasteiger partial charge in [-0.2, -0.15) is 0 Å².